The van der Waals surface area contributed by atoms with Crippen molar-refractivity contribution in [1.29, 1.82) is 0 Å². The van der Waals surface area contributed by atoms with E-state index in [9.17, 15) is 4.79 Å². The van der Waals surface area contributed by atoms with Crippen LogP contribution in [0.25, 0.3) is 0 Å². The van der Waals surface area contributed by atoms with Gasteiger partial charge in [-0.15, -0.1) is 0 Å². The van der Waals surface area contributed by atoms with Crippen LogP contribution in [0.15, 0.2) is 0 Å². The van der Waals surface area contributed by atoms with Crippen molar-refractivity contribution in [3.05, 3.63) is 0 Å². The summed E-state index contributed by atoms with van der Waals surface area (Å²) in [5.41, 5.74) is 5.73. The molecule has 88 valence electrons. The van der Waals surface area contributed by atoms with Crippen molar-refractivity contribution in [2.45, 2.75) is 32.7 Å². The second-order valence-electron chi connectivity index (χ2n) is 5.38. The highest BCUT2D eigenvalue weighted by Crippen LogP contribution is 2.18. The zero-order chi connectivity index (χ0) is 11.5. The molecule has 0 unspecified atom stereocenters. The Bertz CT molecular complexity index is 224. The SMILES string of the molecule is CN(CC(=O)NC1CC1)CC(C)(C)CN. The van der Waals surface area contributed by atoms with E-state index in [0.29, 0.717) is 19.1 Å². The molecule has 1 fully saturated rings. The minimum atomic E-state index is 0.0780. The highest BCUT2D eigenvalue weighted by atomic mass is 16.2. The fourth-order valence-corrected chi connectivity index (χ4v) is 1.60. The van der Waals surface area contributed by atoms with E-state index in [4.69, 9.17) is 5.73 Å². The van der Waals surface area contributed by atoms with Crippen molar-refractivity contribution in [3.63, 3.8) is 0 Å². The lowest BCUT2D eigenvalue weighted by molar-refractivity contribution is -0.122. The Balaban J connectivity index is 2.21. The van der Waals surface area contributed by atoms with Crippen molar-refractivity contribution in [1.82, 2.24) is 10.2 Å². The third-order valence-corrected chi connectivity index (χ3v) is 2.61. The third-order valence-electron chi connectivity index (χ3n) is 2.61. The molecule has 0 radical (unpaired) electrons. The standard InChI is InChI=1S/C11H23N3O/c1-11(2,7-12)8-14(3)6-10(15)13-9-4-5-9/h9H,4-8,12H2,1-3H3,(H,13,15). The lowest BCUT2D eigenvalue weighted by atomic mass is 9.93. The predicted molar refractivity (Wildman–Crippen MR) is 61.5 cm³/mol. The molecular formula is C11H23N3O. The fraction of sp³-hybridized carbons (Fsp3) is 0.909. The van der Waals surface area contributed by atoms with Crippen LogP contribution in [0.4, 0.5) is 0 Å². The van der Waals surface area contributed by atoms with Crippen molar-refractivity contribution in [3.8, 4) is 0 Å². The Kier molecular flexibility index (Phi) is 4.11. The number of carbonyl (C=O) groups excluding carboxylic acids is 1. The molecule has 1 aliphatic carbocycles. The molecule has 0 saturated heterocycles. The molecule has 0 spiro atoms. The van der Waals surface area contributed by atoms with Gasteiger partial charge in [0.25, 0.3) is 0 Å². The maximum absolute atomic E-state index is 11.5. The van der Waals surface area contributed by atoms with E-state index < -0.39 is 0 Å². The zero-order valence-corrected chi connectivity index (χ0v) is 10.0. The van der Waals surface area contributed by atoms with Crippen molar-refractivity contribution in [2.24, 2.45) is 11.1 Å². The first-order valence-electron chi connectivity index (χ1n) is 5.61. The van der Waals surface area contributed by atoms with Crippen LogP contribution in [0.2, 0.25) is 0 Å². The number of rotatable bonds is 6. The highest BCUT2D eigenvalue weighted by molar-refractivity contribution is 5.78. The number of hydrogen-bond donors (Lipinski definition) is 2. The molecule has 0 heterocycles. The third kappa shape index (κ3) is 5.14. The minimum absolute atomic E-state index is 0.0780. The van der Waals surface area contributed by atoms with Gasteiger partial charge in [-0.1, -0.05) is 13.8 Å². The van der Waals surface area contributed by atoms with E-state index >= 15 is 0 Å². The van der Waals surface area contributed by atoms with Crippen LogP contribution in [0.1, 0.15) is 26.7 Å². The number of likely N-dealkylation sites (N-methyl/N-ethyl adjacent to an activating group) is 1. The summed E-state index contributed by atoms with van der Waals surface area (Å²) in [6.07, 6.45) is 2.29. The van der Waals surface area contributed by atoms with Gasteiger partial charge in [0, 0.05) is 12.6 Å². The minimum Gasteiger partial charge on any atom is -0.352 e. The second-order valence-corrected chi connectivity index (χ2v) is 5.38. The van der Waals surface area contributed by atoms with E-state index in [1.54, 1.807) is 0 Å². The summed E-state index contributed by atoms with van der Waals surface area (Å²) in [5.74, 6) is 0.132. The molecule has 0 aromatic carbocycles. The molecule has 1 aliphatic rings. The molecule has 1 saturated carbocycles. The summed E-state index contributed by atoms with van der Waals surface area (Å²) in [4.78, 5) is 13.5. The number of nitrogens with two attached hydrogens (primary N) is 1. The first kappa shape index (κ1) is 12.5. The quantitative estimate of drug-likeness (QED) is 0.662. The molecule has 1 rings (SSSR count). The Morgan fingerprint density at radius 3 is 2.60 bits per heavy atom. The van der Waals surface area contributed by atoms with Gasteiger partial charge in [0.15, 0.2) is 0 Å². The first-order valence-corrected chi connectivity index (χ1v) is 5.61. The fourth-order valence-electron chi connectivity index (χ4n) is 1.60. The summed E-state index contributed by atoms with van der Waals surface area (Å²) in [6, 6.07) is 0.452. The number of carbonyl (C=O) groups is 1. The second kappa shape index (κ2) is 4.94. The Hall–Kier alpha value is -0.610. The van der Waals surface area contributed by atoms with Gasteiger partial charge in [-0.3, -0.25) is 9.69 Å². The predicted octanol–water partition coefficient (Wildman–Crippen LogP) is 0.182. The lowest BCUT2D eigenvalue weighted by Gasteiger charge is -2.28. The molecule has 0 aliphatic heterocycles. The zero-order valence-electron chi connectivity index (χ0n) is 10.0. The van der Waals surface area contributed by atoms with Crippen LogP contribution in [0.5, 0.6) is 0 Å². The molecule has 1 amide bonds. The molecule has 3 N–H and O–H groups in total. The maximum Gasteiger partial charge on any atom is 0.234 e. The molecule has 0 bridgehead atoms. The van der Waals surface area contributed by atoms with Crippen LogP contribution in [-0.2, 0) is 4.79 Å². The van der Waals surface area contributed by atoms with E-state index in [2.05, 4.69) is 19.2 Å². The van der Waals surface area contributed by atoms with Crippen LogP contribution >= 0.6 is 0 Å². The van der Waals surface area contributed by atoms with Crippen LogP contribution in [0, 0.1) is 5.41 Å². The smallest absolute Gasteiger partial charge is 0.234 e. The maximum atomic E-state index is 11.5. The summed E-state index contributed by atoms with van der Waals surface area (Å²) in [7, 11) is 1.96. The van der Waals surface area contributed by atoms with E-state index in [1.165, 1.54) is 0 Å². The number of nitrogens with one attached hydrogen (secondary N) is 1. The van der Waals surface area contributed by atoms with Gasteiger partial charge in [-0.25, -0.2) is 0 Å². The van der Waals surface area contributed by atoms with E-state index in [-0.39, 0.29) is 11.3 Å². The number of hydrogen-bond acceptors (Lipinski definition) is 3. The molecule has 0 aromatic rings. The van der Waals surface area contributed by atoms with Crippen LogP contribution in [0.3, 0.4) is 0 Å². The summed E-state index contributed by atoms with van der Waals surface area (Å²) >= 11 is 0. The van der Waals surface area contributed by atoms with Gasteiger partial charge in [0.05, 0.1) is 6.54 Å². The van der Waals surface area contributed by atoms with Gasteiger partial charge in [0.2, 0.25) is 5.91 Å². The molecule has 4 heteroatoms. The van der Waals surface area contributed by atoms with Gasteiger partial charge < -0.3 is 11.1 Å². The van der Waals surface area contributed by atoms with Crippen molar-refractivity contribution in [2.75, 3.05) is 26.7 Å². The topological polar surface area (TPSA) is 58.4 Å². The Morgan fingerprint density at radius 2 is 2.13 bits per heavy atom. The van der Waals surface area contributed by atoms with Gasteiger partial charge in [-0.05, 0) is 31.8 Å². The Labute approximate surface area is 92.2 Å². The van der Waals surface area contributed by atoms with Gasteiger partial charge in [-0.2, -0.15) is 0 Å². The number of amides is 1. The largest absolute Gasteiger partial charge is 0.352 e. The molecule has 15 heavy (non-hydrogen) atoms. The van der Waals surface area contributed by atoms with Gasteiger partial charge >= 0.3 is 0 Å². The lowest BCUT2D eigenvalue weighted by Crippen LogP contribution is -2.42. The molecule has 0 aromatic heterocycles. The average molecular weight is 213 g/mol. The highest BCUT2D eigenvalue weighted by Gasteiger charge is 2.24. The normalized spacial score (nSPS) is 16.9. The van der Waals surface area contributed by atoms with Crippen LogP contribution in [-0.4, -0.2) is 43.5 Å². The summed E-state index contributed by atoms with van der Waals surface area (Å²) in [5, 5.41) is 2.98. The van der Waals surface area contributed by atoms with Crippen LogP contribution < -0.4 is 11.1 Å². The van der Waals surface area contributed by atoms with E-state index in [0.717, 1.165) is 19.4 Å². The first-order chi connectivity index (χ1) is 6.93. The van der Waals surface area contributed by atoms with Crippen molar-refractivity contribution >= 4 is 5.91 Å². The molecule has 0 atom stereocenters. The van der Waals surface area contributed by atoms with Crippen molar-refractivity contribution < 1.29 is 4.79 Å². The molecular weight excluding hydrogens is 190 g/mol. The Morgan fingerprint density at radius 1 is 1.53 bits per heavy atom. The summed E-state index contributed by atoms with van der Waals surface area (Å²) < 4.78 is 0. The average Bonchev–Trinajstić information content (AvgIpc) is 2.86. The number of nitrogens with zero attached hydrogens (tertiary/aromatic N) is 1. The van der Waals surface area contributed by atoms with E-state index in [1.807, 2.05) is 11.9 Å². The molecule has 4 nitrogen and oxygen atoms in total. The summed E-state index contributed by atoms with van der Waals surface area (Å²) in [6.45, 7) is 6.19. The monoisotopic (exact) mass is 213 g/mol. The van der Waals surface area contributed by atoms with Gasteiger partial charge in [0.1, 0.15) is 0 Å².